The van der Waals surface area contributed by atoms with Gasteiger partial charge in [0, 0.05) is 11.1 Å². The van der Waals surface area contributed by atoms with E-state index < -0.39 is 4.92 Å². The van der Waals surface area contributed by atoms with E-state index in [1.807, 2.05) is 25.1 Å². The van der Waals surface area contributed by atoms with Crippen LogP contribution in [0.4, 0.5) is 11.4 Å². The molecule has 2 rings (SSSR count). The molecule has 0 saturated carbocycles. The third kappa shape index (κ3) is 3.64. The number of nitrogens with zero attached hydrogens (tertiary/aromatic N) is 1. The average molecular weight is 307 g/mol. The number of halogens is 1. The zero-order chi connectivity index (χ0) is 15.4. The monoisotopic (exact) mass is 306 g/mol. The Morgan fingerprint density at radius 3 is 2.67 bits per heavy atom. The molecule has 2 aromatic rings. The Hall–Kier alpha value is -2.27. The number of ether oxygens (including phenoxy) is 1. The molecule has 0 saturated heterocycles. The molecule has 5 nitrogen and oxygen atoms in total. The van der Waals surface area contributed by atoms with Crippen LogP contribution in [0.25, 0.3) is 0 Å². The van der Waals surface area contributed by atoms with E-state index in [0.29, 0.717) is 16.5 Å². The van der Waals surface area contributed by atoms with Gasteiger partial charge in [-0.05, 0) is 36.8 Å². The van der Waals surface area contributed by atoms with Crippen molar-refractivity contribution in [2.45, 2.75) is 13.0 Å². The first kappa shape index (κ1) is 15.1. The van der Waals surface area contributed by atoms with Crippen molar-refractivity contribution in [2.75, 3.05) is 12.4 Å². The molecule has 0 aliphatic carbocycles. The van der Waals surface area contributed by atoms with E-state index in [1.165, 1.54) is 13.2 Å². The Balaban J connectivity index is 2.28. The van der Waals surface area contributed by atoms with Crippen LogP contribution in [0.3, 0.4) is 0 Å². The topological polar surface area (TPSA) is 64.4 Å². The molecule has 0 radical (unpaired) electrons. The standard InChI is InChI=1S/C15H15ClN2O3/c1-10(11-4-3-5-12(16)8-11)17-14-7-6-13(21-2)9-15(14)18(19)20/h3-10,17H,1-2H3. The second-order valence-corrected chi connectivity index (χ2v) is 5.00. The van der Waals surface area contributed by atoms with E-state index in [4.69, 9.17) is 16.3 Å². The number of anilines is 1. The summed E-state index contributed by atoms with van der Waals surface area (Å²) in [5.74, 6) is 0.447. The van der Waals surface area contributed by atoms with Crippen LogP contribution in [-0.2, 0) is 0 Å². The molecule has 2 aromatic carbocycles. The Morgan fingerprint density at radius 1 is 1.29 bits per heavy atom. The van der Waals surface area contributed by atoms with Crippen LogP contribution >= 0.6 is 11.6 Å². The van der Waals surface area contributed by atoms with Crippen LogP contribution in [0, 0.1) is 10.1 Å². The molecule has 0 aromatic heterocycles. The third-order valence-corrected chi connectivity index (χ3v) is 3.36. The van der Waals surface area contributed by atoms with Gasteiger partial charge in [-0.3, -0.25) is 10.1 Å². The number of methoxy groups -OCH3 is 1. The van der Waals surface area contributed by atoms with Crippen molar-refractivity contribution in [3.05, 3.63) is 63.2 Å². The van der Waals surface area contributed by atoms with Crippen LogP contribution in [0.5, 0.6) is 5.75 Å². The predicted octanol–water partition coefficient (Wildman–Crippen LogP) is 4.43. The maximum Gasteiger partial charge on any atom is 0.296 e. The maximum atomic E-state index is 11.2. The number of nitro groups is 1. The average Bonchev–Trinajstić information content (AvgIpc) is 2.47. The van der Waals surface area contributed by atoms with Gasteiger partial charge in [-0.15, -0.1) is 0 Å². The molecule has 0 bridgehead atoms. The van der Waals surface area contributed by atoms with Crippen molar-refractivity contribution < 1.29 is 9.66 Å². The zero-order valence-corrected chi connectivity index (χ0v) is 12.4. The highest BCUT2D eigenvalue weighted by Crippen LogP contribution is 2.32. The molecule has 6 heteroatoms. The summed E-state index contributed by atoms with van der Waals surface area (Å²) in [4.78, 5) is 10.7. The quantitative estimate of drug-likeness (QED) is 0.655. The third-order valence-electron chi connectivity index (χ3n) is 3.12. The summed E-state index contributed by atoms with van der Waals surface area (Å²) in [6.45, 7) is 1.92. The molecule has 0 amide bonds. The van der Waals surface area contributed by atoms with Gasteiger partial charge in [0.15, 0.2) is 0 Å². The summed E-state index contributed by atoms with van der Waals surface area (Å²) in [6, 6.07) is 12.0. The number of hydrogen-bond acceptors (Lipinski definition) is 4. The number of hydrogen-bond donors (Lipinski definition) is 1. The molecule has 0 aliphatic heterocycles. The molecule has 110 valence electrons. The van der Waals surface area contributed by atoms with E-state index in [2.05, 4.69) is 5.32 Å². The van der Waals surface area contributed by atoms with Gasteiger partial charge in [-0.1, -0.05) is 23.7 Å². The molecular weight excluding hydrogens is 292 g/mol. The molecule has 0 heterocycles. The summed E-state index contributed by atoms with van der Waals surface area (Å²) in [6.07, 6.45) is 0. The number of nitro benzene ring substituents is 1. The largest absolute Gasteiger partial charge is 0.496 e. The van der Waals surface area contributed by atoms with E-state index in [1.54, 1.807) is 18.2 Å². The number of rotatable bonds is 5. The van der Waals surface area contributed by atoms with E-state index in [9.17, 15) is 10.1 Å². The van der Waals surface area contributed by atoms with E-state index in [0.717, 1.165) is 5.56 Å². The molecule has 0 fully saturated rings. The second-order valence-electron chi connectivity index (χ2n) is 4.56. The lowest BCUT2D eigenvalue weighted by molar-refractivity contribution is -0.384. The number of nitrogens with one attached hydrogen (secondary N) is 1. The second kappa shape index (κ2) is 6.45. The molecular formula is C15H15ClN2O3. The van der Waals surface area contributed by atoms with Crippen molar-refractivity contribution in [3.8, 4) is 5.75 Å². The normalized spacial score (nSPS) is 11.8. The minimum Gasteiger partial charge on any atom is -0.496 e. The summed E-state index contributed by atoms with van der Waals surface area (Å²) in [5.41, 5.74) is 1.36. The Kier molecular flexibility index (Phi) is 4.65. The molecule has 1 atom stereocenters. The zero-order valence-electron chi connectivity index (χ0n) is 11.7. The van der Waals surface area contributed by atoms with Crippen molar-refractivity contribution in [2.24, 2.45) is 0 Å². The van der Waals surface area contributed by atoms with Crippen LogP contribution in [0.1, 0.15) is 18.5 Å². The lowest BCUT2D eigenvalue weighted by Crippen LogP contribution is -2.08. The smallest absolute Gasteiger partial charge is 0.296 e. The Bertz CT molecular complexity index is 661. The highest BCUT2D eigenvalue weighted by Gasteiger charge is 2.17. The molecule has 0 aliphatic rings. The van der Waals surface area contributed by atoms with Gasteiger partial charge in [-0.25, -0.2) is 0 Å². The fourth-order valence-corrected chi connectivity index (χ4v) is 2.20. The fourth-order valence-electron chi connectivity index (χ4n) is 2.00. The van der Waals surface area contributed by atoms with Gasteiger partial charge in [0.05, 0.1) is 18.1 Å². The van der Waals surface area contributed by atoms with Crippen molar-refractivity contribution in [3.63, 3.8) is 0 Å². The fraction of sp³-hybridized carbons (Fsp3) is 0.200. The van der Waals surface area contributed by atoms with Gasteiger partial charge >= 0.3 is 0 Å². The summed E-state index contributed by atoms with van der Waals surface area (Å²) in [7, 11) is 1.47. The summed E-state index contributed by atoms with van der Waals surface area (Å²) < 4.78 is 5.02. The van der Waals surface area contributed by atoms with E-state index in [-0.39, 0.29) is 11.7 Å². The first-order valence-corrected chi connectivity index (χ1v) is 6.73. The molecule has 0 spiro atoms. The minimum atomic E-state index is -0.435. The van der Waals surface area contributed by atoms with Gasteiger partial charge in [0.25, 0.3) is 5.69 Å². The lowest BCUT2D eigenvalue weighted by atomic mass is 10.1. The molecule has 1 N–H and O–H groups in total. The minimum absolute atomic E-state index is 0.0248. The van der Waals surface area contributed by atoms with E-state index >= 15 is 0 Å². The Labute approximate surface area is 127 Å². The first-order chi connectivity index (χ1) is 10.0. The van der Waals surface area contributed by atoms with Crippen LogP contribution < -0.4 is 10.1 Å². The summed E-state index contributed by atoms with van der Waals surface area (Å²) in [5, 5.41) is 14.9. The predicted molar refractivity (Wildman–Crippen MR) is 83.1 cm³/mol. The van der Waals surface area contributed by atoms with Crippen LogP contribution in [-0.4, -0.2) is 12.0 Å². The number of benzene rings is 2. The van der Waals surface area contributed by atoms with Gasteiger partial charge in [-0.2, -0.15) is 0 Å². The van der Waals surface area contributed by atoms with Gasteiger partial charge in [0.2, 0.25) is 0 Å². The first-order valence-electron chi connectivity index (χ1n) is 6.35. The van der Waals surface area contributed by atoms with Crippen molar-refractivity contribution >= 4 is 23.0 Å². The van der Waals surface area contributed by atoms with Crippen LogP contribution in [0.15, 0.2) is 42.5 Å². The lowest BCUT2D eigenvalue weighted by Gasteiger charge is -2.16. The highest BCUT2D eigenvalue weighted by molar-refractivity contribution is 6.30. The van der Waals surface area contributed by atoms with Crippen molar-refractivity contribution in [1.82, 2.24) is 0 Å². The highest BCUT2D eigenvalue weighted by atomic mass is 35.5. The Morgan fingerprint density at radius 2 is 2.05 bits per heavy atom. The van der Waals surface area contributed by atoms with Crippen molar-refractivity contribution in [1.29, 1.82) is 0 Å². The van der Waals surface area contributed by atoms with Gasteiger partial charge in [0.1, 0.15) is 11.4 Å². The SMILES string of the molecule is COc1ccc(NC(C)c2cccc(Cl)c2)c([N+](=O)[O-])c1. The molecule has 21 heavy (non-hydrogen) atoms. The molecule has 1 unspecified atom stereocenters. The maximum absolute atomic E-state index is 11.2. The van der Waals surface area contributed by atoms with Crippen LogP contribution in [0.2, 0.25) is 5.02 Å². The van der Waals surface area contributed by atoms with Gasteiger partial charge < -0.3 is 10.1 Å². The summed E-state index contributed by atoms with van der Waals surface area (Å²) >= 11 is 5.96.